The molecule has 250 valence electrons. The van der Waals surface area contributed by atoms with Crippen molar-refractivity contribution >= 4 is 11.9 Å². The van der Waals surface area contributed by atoms with Crippen LogP contribution in [0.15, 0.2) is 0 Å². The van der Waals surface area contributed by atoms with E-state index < -0.39 is 6.10 Å². The maximum absolute atomic E-state index is 12.1. The lowest BCUT2D eigenvalue weighted by molar-refractivity contribution is -0.161. The first-order valence-electron chi connectivity index (χ1n) is 18.3. The van der Waals surface area contributed by atoms with Gasteiger partial charge in [0.25, 0.3) is 0 Å². The SMILES string of the molecule is CCC(C)CCCCCCCCCCC(=O)O[C@@H](CO)COC(=O)CCCCCCCCCCCCCCCC(C)C. The van der Waals surface area contributed by atoms with Crippen LogP contribution >= 0.6 is 0 Å². The van der Waals surface area contributed by atoms with Gasteiger partial charge >= 0.3 is 11.9 Å². The van der Waals surface area contributed by atoms with Gasteiger partial charge in [-0.05, 0) is 24.7 Å². The van der Waals surface area contributed by atoms with Crippen LogP contribution in [0.1, 0.15) is 195 Å². The van der Waals surface area contributed by atoms with Crippen molar-refractivity contribution in [2.24, 2.45) is 11.8 Å². The van der Waals surface area contributed by atoms with Gasteiger partial charge in [0.05, 0.1) is 6.61 Å². The Bertz CT molecular complexity index is 591. The molecule has 5 heteroatoms. The number of hydrogen-bond donors (Lipinski definition) is 1. The molecular weight excluding hydrogens is 524 g/mol. The molecule has 0 aromatic heterocycles. The summed E-state index contributed by atoms with van der Waals surface area (Å²) < 4.78 is 10.6. The van der Waals surface area contributed by atoms with E-state index in [0.29, 0.717) is 12.8 Å². The summed E-state index contributed by atoms with van der Waals surface area (Å²) in [4.78, 5) is 24.2. The molecule has 0 saturated carbocycles. The van der Waals surface area contributed by atoms with E-state index in [1.807, 2.05) is 0 Å². The fraction of sp³-hybridized carbons (Fsp3) is 0.946. The summed E-state index contributed by atoms with van der Waals surface area (Å²) in [5.41, 5.74) is 0. The van der Waals surface area contributed by atoms with Crippen LogP contribution in [-0.4, -0.2) is 36.4 Å². The number of unbranched alkanes of at least 4 members (excludes halogenated alkanes) is 19. The van der Waals surface area contributed by atoms with Crippen molar-refractivity contribution < 1.29 is 24.2 Å². The van der Waals surface area contributed by atoms with E-state index in [1.165, 1.54) is 122 Å². The zero-order chi connectivity index (χ0) is 31.1. The van der Waals surface area contributed by atoms with Crippen molar-refractivity contribution in [2.45, 2.75) is 201 Å². The second-order valence-corrected chi connectivity index (χ2v) is 13.4. The molecule has 42 heavy (non-hydrogen) atoms. The van der Waals surface area contributed by atoms with Crippen LogP contribution in [0.3, 0.4) is 0 Å². The number of esters is 2. The van der Waals surface area contributed by atoms with E-state index in [0.717, 1.165) is 43.9 Å². The van der Waals surface area contributed by atoms with Gasteiger partial charge in [-0.1, -0.05) is 169 Å². The highest BCUT2D eigenvalue weighted by atomic mass is 16.6. The molecule has 0 aliphatic heterocycles. The molecule has 0 rings (SSSR count). The Kier molecular flexibility index (Phi) is 30.5. The van der Waals surface area contributed by atoms with Crippen LogP contribution in [0.4, 0.5) is 0 Å². The van der Waals surface area contributed by atoms with Gasteiger partial charge < -0.3 is 14.6 Å². The standard InChI is InChI=1S/C37H72O5/c1-5-34(4)28-24-20-16-13-14-18-22-26-30-37(40)42-35(31-38)32-41-36(39)29-25-21-17-12-10-8-6-7-9-11-15-19-23-27-33(2)3/h33-35,38H,5-32H2,1-4H3/t34?,35-/m0/s1. The molecular formula is C37H72O5. The summed E-state index contributed by atoms with van der Waals surface area (Å²) in [5, 5.41) is 9.52. The summed E-state index contributed by atoms with van der Waals surface area (Å²) in [5.74, 6) is 1.12. The molecule has 1 unspecified atom stereocenters. The molecule has 0 bridgehead atoms. The van der Waals surface area contributed by atoms with E-state index in [-0.39, 0.29) is 25.2 Å². The first-order chi connectivity index (χ1) is 20.4. The second kappa shape index (κ2) is 31.3. The van der Waals surface area contributed by atoms with E-state index in [4.69, 9.17) is 9.47 Å². The Balaban J connectivity index is 3.53. The van der Waals surface area contributed by atoms with Gasteiger partial charge in [0.1, 0.15) is 6.61 Å². The van der Waals surface area contributed by atoms with Gasteiger partial charge in [0.15, 0.2) is 6.10 Å². The smallest absolute Gasteiger partial charge is 0.306 e. The van der Waals surface area contributed by atoms with E-state index >= 15 is 0 Å². The number of carbonyl (C=O) groups is 2. The lowest BCUT2D eigenvalue weighted by atomic mass is 9.99. The monoisotopic (exact) mass is 597 g/mol. The molecule has 0 aromatic carbocycles. The van der Waals surface area contributed by atoms with Crippen molar-refractivity contribution in [1.29, 1.82) is 0 Å². The maximum atomic E-state index is 12.1. The third-order valence-corrected chi connectivity index (χ3v) is 8.62. The zero-order valence-corrected chi connectivity index (χ0v) is 28.6. The molecule has 5 nitrogen and oxygen atoms in total. The lowest BCUT2D eigenvalue weighted by Gasteiger charge is -2.15. The number of aliphatic hydroxyl groups is 1. The fourth-order valence-corrected chi connectivity index (χ4v) is 5.42. The average molecular weight is 597 g/mol. The number of aliphatic hydroxyl groups excluding tert-OH is 1. The quantitative estimate of drug-likeness (QED) is 0.0617. The second-order valence-electron chi connectivity index (χ2n) is 13.4. The molecule has 0 saturated heterocycles. The number of rotatable bonds is 32. The number of ether oxygens (including phenoxy) is 2. The van der Waals surface area contributed by atoms with Gasteiger partial charge in [-0.25, -0.2) is 0 Å². The van der Waals surface area contributed by atoms with Gasteiger partial charge in [-0.15, -0.1) is 0 Å². The molecule has 0 fully saturated rings. The van der Waals surface area contributed by atoms with Crippen molar-refractivity contribution in [1.82, 2.24) is 0 Å². The van der Waals surface area contributed by atoms with E-state index in [9.17, 15) is 14.7 Å². The molecule has 0 heterocycles. The Hall–Kier alpha value is -1.10. The van der Waals surface area contributed by atoms with Crippen LogP contribution in [0.5, 0.6) is 0 Å². The first kappa shape index (κ1) is 40.9. The molecule has 0 radical (unpaired) electrons. The third kappa shape index (κ3) is 30.4. The normalized spacial score (nSPS) is 12.9. The zero-order valence-electron chi connectivity index (χ0n) is 28.6. The molecule has 0 spiro atoms. The van der Waals surface area contributed by atoms with Crippen LogP contribution in [0.25, 0.3) is 0 Å². The summed E-state index contributed by atoms with van der Waals surface area (Å²) in [6.07, 6.45) is 30.1. The minimum Gasteiger partial charge on any atom is -0.462 e. The highest BCUT2D eigenvalue weighted by Gasteiger charge is 2.16. The Morgan fingerprint density at radius 2 is 0.929 bits per heavy atom. The minimum absolute atomic E-state index is 0.0595. The minimum atomic E-state index is -0.762. The number of hydrogen-bond acceptors (Lipinski definition) is 5. The predicted octanol–water partition coefficient (Wildman–Crippen LogP) is 10.9. The third-order valence-electron chi connectivity index (χ3n) is 8.62. The largest absolute Gasteiger partial charge is 0.462 e. The molecule has 1 N–H and O–H groups in total. The van der Waals surface area contributed by atoms with Gasteiger partial charge in [0.2, 0.25) is 0 Å². The topological polar surface area (TPSA) is 72.8 Å². The summed E-state index contributed by atoms with van der Waals surface area (Å²) >= 11 is 0. The highest BCUT2D eigenvalue weighted by molar-refractivity contribution is 5.70. The van der Waals surface area contributed by atoms with Crippen LogP contribution in [-0.2, 0) is 19.1 Å². The maximum Gasteiger partial charge on any atom is 0.306 e. The lowest BCUT2D eigenvalue weighted by Crippen LogP contribution is -2.28. The van der Waals surface area contributed by atoms with Crippen molar-refractivity contribution in [3.8, 4) is 0 Å². The fourth-order valence-electron chi connectivity index (χ4n) is 5.42. The Morgan fingerprint density at radius 1 is 0.548 bits per heavy atom. The Labute approximate surface area is 261 Å². The van der Waals surface area contributed by atoms with Gasteiger partial charge in [-0.2, -0.15) is 0 Å². The van der Waals surface area contributed by atoms with E-state index in [2.05, 4.69) is 27.7 Å². The molecule has 0 amide bonds. The predicted molar refractivity (Wildman–Crippen MR) is 178 cm³/mol. The molecule has 0 aliphatic rings. The average Bonchev–Trinajstić information content (AvgIpc) is 2.97. The van der Waals surface area contributed by atoms with Crippen LogP contribution in [0.2, 0.25) is 0 Å². The van der Waals surface area contributed by atoms with Crippen LogP contribution in [0, 0.1) is 11.8 Å². The molecule has 0 aliphatic carbocycles. The van der Waals surface area contributed by atoms with Crippen LogP contribution < -0.4 is 0 Å². The highest BCUT2D eigenvalue weighted by Crippen LogP contribution is 2.16. The number of carbonyl (C=O) groups excluding carboxylic acids is 2. The first-order valence-corrected chi connectivity index (χ1v) is 18.3. The van der Waals surface area contributed by atoms with Crippen molar-refractivity contribution in [2.75, 3.05) is 13.2 Å². The van der Waals surface area contributed by atoms with Gasteiger partial charge in [0, 0.05) is 12.8 Å². The summed E-state index contributed by atoms with van der Waals surface area (Å²) in [6.45, 7) is 8.84. The Morgan fingerprint density at radius 3 is 1.33 bits per heavy atom. The van der Waals surface area contributed by atoms with Gasteiger partial charge in [-0.3, -0.25) is 9.59 Å². The molecule has 0 aromatic rings. The summed E-state index contributed by atoms with van der Waals surface area (Å²) in [6, 6.07) is 0. The van der Waals surface area contributed by atoms with E-state index in [1.54, 1.807) is 0 Å². The van der Waals surface area contributed by atoms with Crippen molar-refractivity contribution in [3.63, 3.8) is 0 Å². The van der Waals surface area contributed by atoms with Crippen molar-refractivity contribution in [3.05, 3.63) is 0 Å². The molecule has 2 atom stereocenters. The summed E-state index contributed by atoms with van der Waals surface area (Å²) in [7, 11) is 0.